The maximum atomic E-state index is 6.03. The van der Waals surface area contributed by atoms with Gasteiger partial charge in [0, 0.05) is 17.8 Å². The highest BCUT2D eigenvalue weighted by molar-refractivity contribution is 5.79. The molecule has 0 radical (unpaired) electrons. The third kappa shape index (κ3) is 1.76. The van der Waals surface area contributed by atoms with E-state index in [1.165, 1.54) is 0 Å². The summed E-state index contributed by atoms with van der Waals surface area (Å²) < 4.78 is 0. The minimum absolute atomic E-state index is 0.0405. The summed E-state index contributed by atoms with van der Waals surface area (Å²) in [6, 6.07) is 6.16. The Hall–Kier alpha value is -1.55. The minimum Gasteiger partial charge on any atom is -0.383 e. The van der Waals surface area contributed by atoms with Crippen LogP contribution in [0.1, 0.15) is 18.7 Å². The molecule has 2 aromatic rings. The normalized spacial score (nSPS) is 17.6. The van der Waals surface area contributed by atoms with Crippen LogP contribution in [0, 0.1) is 6.92 Å². The van der Waals surface area contributed by atoms with E-state index in [9.17, 15) is 0 Å². The second-order valence-electron chi connectivity index (χ2n) is 4.77. The molecular formula is C12H16N4. The van der Waals surface area contributed by atoms with Crippen LogP contribution in [0.2, 0.25) is 0 Å². The lowest BCUT2D eigenvalue weighted by atomic mass is 10.2. The van der Waals surface area contributed by atoms with E-state index in [4.69, 9.17) is 5.73 Å². The molecule has 1 heterocycles. The number of fused-ring (bicyclic) bond motifs is 1. The van der Waals surface area contributed by atoms with E-state index in [2.05, 4.69) is 21.4 Å². The van der Waals surface area contributed by atoms with Gasteiger partial charge in [-0.2, -0.15) is 0 Å². The van der Waals surface area contributed by atoms with E-state index in [0.717, 1.165) is 41.9 Å². The first kappa shape index (κ1) is 9.66. The number of imidazole rings is 1. The molecule has 0 spiro atoms. The zero-order chi connectivity index (χ0) is 11.2. The first-order valence-electron chi connectivity index (χ1n) is 5.64. The van der Waals surface area contributed by atoms with Crippen molar-refractivity contribution in [2.24, 2.45) is 5.73 Å². The van der Waals surface area contributed by atoms with Crippen molar-refractivity contribution < 1.29 is 0 Å². The lowest BCUT2D eigenvalue weighted by Crippen LogP contribution is -2.30. The third-order valence-corrected chi connectivity index (χ3v) is 3.14. The number of hydrogen-bond acceptors (Lipinski definition) is 3. The van der Waals surface area contributed by atoms with Crippen molar-refractivity contribution in [2.75, 3.05) is 11.9 Å². The summed E-state index contributed by atoms with van der Waals surface area (Å²) in [7, 11) is 0. The standard InChI is InChI=1S/C12H16N4/c1-8-15-10-3-2-9(6-11(10)16-8)14-7-12(13)4-5-12/h2-3,6,14H,4-5,7,13H2,1H3,(H,15,16). The number of anilines is 1. The van der Waals surface area contributed by atoms with Gasteiger partial charge in [0.25, 0.3) is 0 Å². The van der Waals surface area contributed by atoms with Crippen LogP contribution in [-0.2, 0) is 0 Å². The summed E-state index contributed by atoms with van der Waals surface area (Å²) in [4.78, 5) is 7.60. The van der Waals surface area contributed by atoms with Crippen LogP contribution < -0.4 is 11.1 Å². The number of nitrogens with two attached hydrogens (primary N) is 1. The zero-order valence-electron chi connectivity index (χ0n) is 9.38. The molecule has 1 aliphatic rings. The fourth-order valence-corrected chi connectivity index (χ4v) is 1.86. The molecule has 4 N–H and O–H groups in total. The fourth-order valence-electron chi connectivity index (χ4n) is 1.86. The van der Waals surface area contributed by atoms with Crippen LogP contribution >= 0.6 is 0 Å². The Morgan fingerprint density at radius 3 is 3.06 bits per heavy atom. The molecule has 0 unspecified atom stereocenters. The van der Waals surface area contributed by atoms with Gasteiger partial charge in [-0.1, -0.05) is 0 Å². The Kier molecular flexibility index (Phi) is 1.94. The van der Waals surface area contributed by atoms with Crippen LogP contribution in [0.4, 0.5) is 5.69 Å². The number of nitrogens with one attached hydrogen (secondary N) is 2. The summed E-state index contributed by atoms with van der Waals surface area (Å²) in [5.41, 5.74) is 9.26. The molecule has 4 nitrogen and oxygen atoms in total. The number of aromatic amines is 1. The van der Waals surface area contributed by atoms with Crippen molar-refractivity contribution in [3.8, 4) is 0 Å². The van der Waals surface area contributed by atoms with Gasteiger partial charge in [0.1, 0.15) is 5.82 Å². The molecule has 0 atom stereocenters. The molecule has 1 aromatic carbocycles. The Bertz CT molecular complexity index is 525. The number of H-pyrrole nitrogens is 1. The molecule has 4 heteroatoms. The molecule has 3 rings (SSSR count). The SMILES string of the molecule is Cc1nc2ccc(NCC3(N)CC3)cc2[nH]1. The summed E-state index contributed by atoms with van der Waals surface area (Å²) in [5, 5.41) is 3.38. The van der Waals surface area contributed by atoms with Crippen molar-refractivity contribution in [3.05, 3.63) is 24.0 Å². The minimum atomic E-state index is 0.0405. The van der Waals surface area contributed by atoms with E-state index >= 15 is 0 Å². The van der Waals surface area contributed by atoms with Gasteiger partial charge in [-0.25, -0.2) is 4.98 Å². The number of nitrogens with zero attached hydrogens (tertiary/aromatic N) is 1. The van der Waals surface area contributed by atoms with Gasteiger partial charge < -0.3 is 16.0 Å². The number of rotatable bonds is 3. The second kappa shape index (κ2) is 3.22. The Balaban J connectivity index is 1.81. The van der Waals surface area contributed by atoms with Crippen molar-refractivity contribution in [1.82, 2.24) is 9.97 Å². The maximum absolute atomic E-state index is 6.03. The smallest absolute Gasteiger partial charge is 0.104 e. The van der Waals surface area contributed by atoms with Gasteiger partial charge in [-0.15, -0.1) is 0 Å². The van der Waals surface area contributed by atoms with Gasteiger partial charge in [-0.3, -0.25) is 0 Å². The first-order valence-corrected chi connectivity index (χ1v) is 5.64. The molecule has 84 valence electrons. The van der Waals surface area contributed by atoms with Gasteiger partial charge in [-0.05, 0) is 38.0 Å². The second-order valence-corrected chi connectivity index (χ2v) is 4.77. The summed E-state index contributed by atoms with van der Waals surface area (Å²) in [6.07, 6.45) is 2.26. The fraction of sp³-hybridized carbons (Fsp3) is 0.417. The summed E-state index contributed by atoms with van der Waals surface area (Å²) >= 11 is 0. The summed E-state index contributed by atoms with van der Waals surface area (Å²) in [6.45, 7) is 2.82. The Morgan fingerprint density at radius 1 is 1.50 bits per heavy atom. The number of hydrogen-bond donors (Lipinski definition) is 3. The zero-order valence-corrected chi connectivity index (χ0v) is 9.38. The molecular weight excluding hydrogens is 200 g/mol. The highest BCUT2D eigenvalue weighted by Gasteiger charge is 2.37. The molecule has 0 bridgehead atoms. The lowest BCUT2D eigenvalue weighted by Gasteiger charge is -2.11. The van der Waals surface area contributed by atoms with Crippen LogP contribution in [0.25, 0.3) is 11.0 Å². The molecule has 0 aliphatic heterocycles. The lowest BCUT2D eigenvalue weighted by molar-refractivity contribution is 0.713. The average Bonchev–Trinajstić information content (AvgIpc) is 2.87. The van der Waals surface area contributed by atoms with E-state index in [1.807, 2.05) is 19.1 Å². The van der Waals surface area contributed by atoms with Gasteiger partial charge in [0.05, 0.1) is 11.0 Å². The highest BCUT2D eigenvalue weighted by atomic mass is 15.0. The van der Waals surface area contributed by atoms with Crippen LogP contribution in [-0.4, -0.2) is 22.1 Å². The Labute approximate surface area is 94.3 Å². The monoisotopic (exact) mass is 216 g/mol. The predicted molar refractivity (Wildman–Crippen MR) is 65.5 cm³/mol. The largest absolute Gasteiger partial charge is 0.383 e. The molecule has 1 saturated carbocycles. The third-order valence-electron chi connectivity index (χ3n) is 3.14. The van der Waals surface area contributed by atoms with Crippen LogP contribution in [0.5, 0.6) is 0 Å². The number of aromatic nitrogens is 2. The molecule has 1 aliphatic carbocycles. The number of aryl methyl sites for hydroxylation is 1. The molecule has 0 saturated heterocycles. The van der Waals surface area contributed by atoms with E-state index < -0.39 is 0 Å². The van der Waals surface area contributed by atoms with E-state index in [-0.39, 0.29) is 5.54 Å². The number of benzene rings is 1. The van der Waals surface area contributed by atoms with Crippen molar-refractivity contribution in [2.45, 2.75) is 25.3 Å². The van der Waals surface area contributed by atoms with Gasteiger partial charge in [0.15, 0.2) is 0 Å². The molecule has 1 aromatic heterocycles. The van der Waals surface area contributed by atoms with Gasteiger partial charge in [0.2, 0.25) is 0 Å². The average molecular weight is 216 g/mol. The Morgan fingerprint density at radius 2 is 2.31 bits per heavy atom. The highest BCUT2D eigenvalue weighted by Crippen LogP contribution is 2.32. The topological polar surface area (TPSA) is 66.7 Å². The van der Waals surface area contributed by atoms with E-state index in [0.29, 0.717) is 0 Å². The summed E-state index contributed by atoms with van der Waals surface area (Å²) in [5.74, 6) is 0.949. The predicted octanol–water partition coefficient (Wildman–Crippen LogP) is 1.77. The molecule has 0 amide bonds. The van der Waals surface area contributed by atoms with Crippen molar-refractivity contribution in [1.29, 1.82) is 0 Å². The van der Waals surface area contributed by atoms with Crippen molar-refractivity contribution in [3.63, 3.8) is 0 Å². The molecule has 16 heavy (non-hydrogen) atoms. The van der Waals surface area contributed by atoms with Crippen molar-refractivity contribution >= 4 is 16.7 Å². The first-order chi connectivity index (χ1) is 7.65. The molecule has 1 fully saturated rings. The van der Waals surface area contributed by atoms with Crippen LogP contribution in [0.15, 0.2) is 18.2 Å². The maximum Gasteiger partial charge on any atom is 0.104 e. The quantitative estimate of drug-likeness (QED) is 0.732. The van der Waals surface area contributed by atoms with Gasteiger partial charge >= 0.3 is 0 Å². The van der Waals surface area contributed by atoms with E-state index in [1.54, 1.807) is 0 Å². The van der Waals surface area contributed by atoms with Crippen LogP contribution in [0.3, 0.4) is 0 Å².